The van der Waals surface area contributed by atoms with Crippen molar-refractivity contribution in [2.45, 2.75) is 35.8 Å². The van der Waals surface area contributed by atoms with Gasteiger partial charge in [0.15, 0.2) is 0 Å². The molecule has 3 unspecified atom stereocenters. The van der Waals surface area contributed by atoms with Crippen LogP contribution in [-0.4, -0.2) is 63.6 Å². The minimum atomic E-state index is -3.69. The molecule has 0 aliphatic heterocycles. The van der Waals surface area contributed by atoms with E-state index >= 15 is 0 Å². The van der Waals surface area contributed by atoms with Gasteiger partial charge in [0.05, 0.1) is 17.6 Å². The summed E-state index contributed by atoms with van der Waals surface area (Å²) in [5, 5.41) is 12.1. The molecule has 1 fully saturated rings. The van der Waals surface area contributed by atoms with Crippen LogP contribution in [0.4, 0.5) is 0 Å². The minimum absolute atomic E-state index is 0. The van der Waals surface area contributed by atoms with Crippen LogP contribution < -0.4 is 4.74 Å². The Kier molecular flexibility index (Phi) is 9.01. The molecule has 0 aromatic heterocycles. The predicted molar refractivity (Wildman–Crippen MR) is 130 cm³/mol. The lowest BCUT2D eigenvalue weighted by molar-refractivity contribution is -0.0744. The Balaban J connectivity index is 0.00000363. The molecule has 32 heavy (non-hydrogen) atoms. The number of rotatable bonds is 7. The van der Waals surface area contributed by atoms with Crippen molar-refractivity contribution in [3.63, 3.8) is 0 Å². The van der Waals surface area contributed by atoms with E-state index in [4.69, 9.17) is 16.3 Å². The summed E-state index contributed by atoms with van der Waals surface area (Å²) in [5.41, 5.74) is -0.202. The van der Waals surface area contributed by atoms with E-state index in [1.165, 1.54) is 10.4 Å². The fourth-order valence-electron chi connectivity index (χ4n) is 4.48. The third-order valence-electron chi connectivity index (χ3n) is 6.25. The largest absolute Gasteiger partial charge is 0.497 e. The molecule has 0 spiro atoms. The third-order valence-corrected chi connectivity index (χ3v) is 8.39. The molecule has 0 bridgehead atoms. The Morgan fingerprint density at radius 2 is 1.81 bits per heavy atom. The summed E-state index contributed by atoms with van der Waals surface area (Å²) in [4.78, 5) is 2.22. The van der Waals surface area contributed by atoms with E-state index in [0.29, 0.717) is 30.8 Å². The van der Waals surface area contributed by atoms with Crippen molar-refractivity contribution in [2.24, 2.45) is 5.92 Å². The zero-order chi connectivity index (χ0) is 22.8. The monoisotopic (exact) mass is 502 g/mol. The number of sulfonamides is 1. The maximum absolute atomic E-state index is 13.2. The molecule has 3 atom stereocenters. The Labute approximate surface area is 202 Å². The standard InChI is InChI=1S/C23H31ClN2O4S.ClH/c1-25(2)16-18-14-20(26(3)31(28,29)22-7-5-6-19(24)15-22)12-13-23(18,27)17-8-10-21(30-4)11-9-17;/h5-11,15,18,20,27H,12-14,16H2,1-4H3;1H. The van der Waals surface area contributed by atoms with Gasteiger partial charge in [0.1, 0.15) is 5.75 Å². The highest BCUT2D eigenvalue weighted by Crippen LogP contribution is 2.44. The molecule has 0 amide bonds. The predicted octanol–water partition coefficient (Wildman–Crippen LogP) is 4.01. The summed E-state index contributed by atoms with van der Waals surface area (Å²) in [6, 6.07) is 13.6. The maximum Gasteiger partial charge on any atom is 0.243 e. The van der Waals surface area contributed by atoms with Gasteiger partial charge in [-0.3, -0.25) is 0 Å². The highest BCUT2D eigenvalue weighted by atomic mass is 35.5. The first-order chi connectivity index (χ1) is 14.6. The molecule has 1 N–H and O–H groups in total. The van der Waals surface area contributed by atoms with Crippen molar-refractivity contribution in [2.75, 3.05) is 34.8 Å². The van der Waals surface area contributed by atoms with E-state index in [0.717, 1.165) is 11.3 Å². The number of benzene rings is 2. The SMILES string of the molecule is COc1ccc(C2(O)CCC(N(C)S(=O)(=O)c3cccc(Cl)c3)CC2CN(C)C)cc1.Cl. The van der Waals surface area contributed by atoms with Gasteiger partial charge < -0.3 is 14.7 Å². The van der Waals surface area contributed by atoms with Crippen molar-refractivity contribution in [1.82, 2.24) is 9.21 Å². The zero-order valence-electron chi connectivity index (χ0n) is 18.9. The van der Waals surface area contributed by atoms with Crippen LogP contribution in [0.2, 0.25) is 5.02 Å². The number of methoxy groups -OCH3 is 1. The average Bonchev–Trinajstić information content (AvgIpc) is 2.74. The summed E-state index contributed by atoms with van der Waals surface area (Å²) in [6.07, 6.45) is 1.58. The van der Waals surface area contributed by atoms with Crippen LogP contribution in [0.1, 0.15) is 24.8 Å². The van der Waals surface area contributed by atoms with Gasteiger partial charge in [-0.05, 0) is 69.3 Å². The number of aliphatic hydroxyl groups is 1. The van der Waals surface area contributed by atoms with Gasteiger partial charge in [-0.15, -0.1) is 12.4 Å². The molecule has 1 saturated carbocycles. The Hall–Kier alpha value is -1.35. The normalized spacial score (nSPS) is 23.8. The van der Waals surface area contributed by atoms with Crippen LogP contribution in [-0.2, 0) is 15.6 Å². The van der Waals surface area contributed by atoms with Crippen molar-refractivity contribution in [3.05, 3.63) is 59.1 Å². The number of ether oxygens (including phenoxy) is 1. The van der Waals surface area contributed by atoms with Gasteiger partial charge in [-0.2, -0.15) is 4.31 Å². The van der Waals surface area contributed by atoms with Crippen LogP contribution in [0, 0.1) is 5.92 Å². The summed E-state index contributed by atoms with van der Waals surface area (Å²) in [5.74, 6) is 0.601. The molecule has 0 heterocycles. The number of nitrogens with zero attached hydrogens (tertiary/aromatic N) is 2. The summed E-state index contributed by atoms with van der Waals surface area (Å²) < 4.78 is 33.1. The fourth-order valence-corrected chi connectivity index (χ4v) is 6.18. The van der Waals surface area contributed by atoms with Gasteiger partial charge in [0.2, 0.25) is 10.0 Å². The Morgan fingerprint density at radius 1 is 1.16 bits per heavy atom. The van der Waals surface area contributed by atoms with Crippen molar-refractivity contribution >= 4 is 34.0 Å². The highest BCUT2D eigenvalue weighted by Gasteiger charge is 2.46. The average molecular weight is 503 g/mol. The second-order valence-corrected chi connectivity index (χ2v) is 11.0. The maximum atomic E-state index is 13.2. The fraction of sp³-hybridized carbons (Fsp3) is 0.478. The molecule has 3 rings (SSSR count). The quantitative estimate of drug-likeness (QED) is 0.619. The number of hydrogen-bond donors (Lipinski definition) is 1. The smallest absolute Gasteiger partial charge is 0.243 e. The lowest BCUT2D eigenvalue weighted by Crippen LogP contribution is -2.50. The van der Waals surface area contributed by atoms with Gasteiger partial charge >= 0.3 is 0 Å². The molecule has 0 saturated heterocycles. The number of hydrogen-bond acceptors (Lipinski definition) is 5. The molecule has 2 aromatic rings. The highest BCUT2D eigenvalue weighted by molar-refractivity contribution is 7.89. The molecular weight excluding hydrogens is 471 g/mol. The van der Waals surface area contributed by atoms with Gasteiger partial charge in [-0.1, -0.05) is 29.8 Å². The second kappa shape index (κ2) is 10.7. The molecule has 1 aliphatic carbocycles. The third kappa shape index (κ3) is 5.58. The van der Waals surface area contributed by atoms with Gasteiger partial charge in [0.25, 0.3) is 0 Å². The van der Waals surface area contributed by atoms with Crippen molar-refractivity contribution < 1.29 is 18.3 Å². The molecule has 0 radical (unpaired) electrons. The van der Waals surface area contributed by atoms with E-state index in [1.54, 1.807) is 32.4 Å². The first-order valence-electron chi connectivity index (χ1n) is 10.3. The van der Waals surface area contributed by atoms with E-state index in [9.17, 15) is 13.5 Å². The van der Waals surface area contributed by atoms with E-state index in [2.05, 4.69) is 0 Å². The van der Waals surface area contributed by atoms with Crippen LogP contribution in [0.15, 0.2) is 53.4 Å². The lowest BCUT2D eigenvalue weighted by Gasteiger charge is -2.46. The van der Waals surface area contributed by atoms with Crippen LogP contribution in [0.3, 0.4) is 0 Å². The van der Waals surface area contributed by atoms with Crippen LogP contribution >= 0.6 is 24.0 Å². The topological polar surface area (TPSA) is 70.1 Å². The number of halogens is 2. The summed E-state index contributed by atoms with van der Waals surface area (Å²) in [7, 11) is 3.47. The zero-order valence-corrected chi connectivity index (χ0v) is 21.3. The van der Waals surface area contributed by atoms with Crippen LogP contribution in [0.25, 0.3) is 0 Å². The molecular formula is C23H32Cl2N2O4S. The van der Waals surface area contributed by atoms with Crippen molar-refractivity contribution in [3.8, 4) is 5.75 Å². The summed E-state index contributed by atoms with van der Waals surface area (Å²) in [6.45, 7) is 0.643. The van der Waals surface area contributed by atoms with E-state index in [-0.39, 0.29) is 29.3 Å². The first-order valence-corrected chi connectivity index (χ1v) is 12.1. The molecule has 9 heteroatoms. The Bertz CT molecular complexity index is 1000. The minimum Gasteiger partial charge on any atom is -0.497 e. The molecule has 6 nitrogen and oxygen atoms in total. The first kappa shape index (κ1) is 26.9. The molecule has 178 valence electrons. The molecule has 2 aromatic carbocycles. The lowest BCUT2D eigenvalue weighted by atomic mass is 9.69. The van der Waals surface area contributed by atoms with Crippen LogP contribution in [0.5, 0.6) is 5.75 Å². The van der Waals surface area contributed by atoms with Gasteiger partial charge in [0, 0.05) is 30.6 Å². The van der Waals surface area contributed by atoms with Gasteiger partial charge in [-0.25, -0.2) is 8.42 Å². The molecule has 1 aliphatic rings. The van der Waals surface area contributed by atoms with E-state index in [1.807, 2.05) is 43.3 Å². The second-order valence-electron chi connectivity index (χ2n) is 8.52. The summed E-state index contributed by atoms with van der Waals surface area (Å²) >= 11 is 6.02. The van der Waals surface area contributed by atoms with E-state index < -0.39 is 15.6 Å². The van der Waals surface area contributed by atoms with Crippen molar-refractivity contribution in [1.29, 1.82) is 0 Å². The Morgan fingerprint density at radius 3 is 2.38 bits per heavy atom.